The van der Waals surface area contributed by atoms with Gasteiger partial charge in [0.05, 0.1) is 9.85 Å². The van der Waals surface area contributed by atoms with E-state index in [1.54, 1.807) is 0 Å². The van der Waals surface area contributed by atoms with Gasteiger partial charge in [0.1, 0.15) is 21.4 Å². The van der Waals surface area contributed by atoms with Crippen molar-refractivity contribution in [2.75, 3.05) is 10.6 Å². The van der Waals surface area contributed by atoms with Crippen molar-refractivity contribution in [2.24, 2.45) is 0 Å². The first kappa shape index (κ1) is 21.1. The largest absolute Gasteiger partial charge is 0.325 e. The maximum Gasteiger partial charge on any atom is 0.325 e. The van der Waals surface area contributed by atoms with Crippen LogP contribution < -0.4 is 10.6 Å². The fraction of sp³-hybridized carbons (Fsp3) is 0. The van der Waals surface area contributed by atoms with E-state index in [-0.39, 0.29) is 0 Å². The van der Waals surface area contributed by atoms with Gasteiger partial charge in [0.2, 0.25) is 11.6 Å². The third-order valence-corrected chi connectivity index (χ3v) is 3.71. The summed E-state index contributed by atoms with van der Waals surface area (Å²) in [5.74, 6) is -6.81. The first-order chi connectivity index (χ1) is 13.0. The minimum atomic E-state index is -1.87. The van der Waals surface area contributed by atoms with E-state index < -0.39 is 71.9 Å². The average Bonchev–Trinajstić information content (AvgIpc) is 2.54. The molecule has 2 rings (SSSR count). The average molecular weight is 443 g/mol. The Kier molecular flexibility index (Phi) is 5.89. The number of anilines is 2. The Labute approximate surface area is 161 Å². The van der Waals surface area contributed by atoms with Crippen molar-refractivity contribution >= 4 is 52.0 Å². The van der Waals surface area contributed by atoms with Crippen molar-refractivity contribution in [3.63, 3.8) is 0 Å². The van der Waals surface area contributed by atoms with Gasteiger partial charge in [-0.2, -0.15) is 8.78 Å². The zero-order chi connectivity index (χ0) is 21.3. The van der Waals surface area contributed by atoms with Crippen LogP contribution >= 0.6 is 23.2 Å². The number of carbonyl (C=O) groups excluding carboxylic acids is 1. The molecule has 0 heterocycles. The second-order valence-corrected chi connectivity index (χ2v) is 5.66. The monoisotopic (exact) mass is 442 g/mol. The molecule has 0 saturated carbocycles. The number of nitro groups is 2. The van der Waals surface area contributed by atoms with E-state index in [0.717, 1.165) is 0 Å². The predicted octanol–water partition coefficient (Wildman–Crippen LogP) is 5.01. The maximum atomic E-state index is 14.1. The van der Waals surface area contributed by atoms with Crippen LogP contribution in [0.25, 0.3) is 0 Å². The molecule has 2 aromatic rings. The molecule has 0 radical (unpaired) electrons. The molecule has 2 N–H and O–H groups in total. The van der Waals surface area contributed by atoms with Crippen LogP contribution in [0.1, 0.15) is 0 Å². The predicted molar refractivity (Wildman–Crippen MR) is 88.7 cm³/mol. The fourth-order valence-electron chi connectivity index (χ4n) is 1.98. The van der Waals surface area contributed by atoms with Crippen molar-refractivity contribution in [1.82, 2.24) is 0 Å². The van der Waals surface area contributed by atoms with E-state index in [4.69, 9.17) is 23.2 Å². The lowest BCUT2D eigenvalue weighted by atomic mass is 10.2. The molecule has 0 aliphatic rings. The summed E-state index contributed by atoms with van der Waals surface area (Å²) in [6.45, 7) is 0. The number of urea groups is 1. The van der Waals surface area contributed by atoms with Gasteiger partial charge in [0, 0.05) is 12.1 Å². The highest BCUT2D eigenvalue weighted by molar-refractivity contribution is 6.33. The number of halogens is 6. The lowest BCUT2D eigenvalue weighted by molar-refractivity contribution is -0.387. The molecule has 2 amide bonds. The number of nitrogens with one attached hydrogen (secondary N) is 2. The lowest BCUT2D eigenvalue weighted by Gasteiger charge is -2.11. The zero-order valence-corrected chi connectivity index (χ0v) is 14.4. The summed E-state index contributed by atoms with van der Waals surface area (Å²) >= 11 is 10.7. The van der Waals surface area contributed by atoms with Gasteiger partial charge in [0.15, 0.2) is 11.6 Å². The van der Waals surface area contributed by atoms with Crippen molar-refractivity contribution in [3.8, 4) is 0 Å². The highest BCUT2D eigenvalue weighted by Gasteiger charge is 2.30. The molecular formula is C13H4Cl2F4N4O5. The summed E-state index contributed by atoms with van der Waals surface area (Å²) < 4.78 is 55.7. The summed E-state index contributed by atoms with van der Waals surface area (Å²) in [5.41, 5.74) is -5.42. The number of carbonyl (C=O) groups is 1. The van der Waals surface area contributed by atoms with E-state index in [1.165, 1.54) is 10.6 Å². The highest BCUT2D eigenvalue weighted by Crippen LogP contribution is 2.36. The first-order valence-electron chi connectivity index (χ1n) is 6.67. The standard InChI is InChI=1S/C13H4Cl2F4N4O5/c14-3-1-5(16)9(7(18)11(3)22(25)26)20-13(24)21-10-6(17)2-4(15)12(8(10)19)23(27)28/h1-2H,(H2,20,21,24). The number of hydrogen-bond acceptors (Lipinski definition) is 5. The van der Waals surface area contributed by atoms with Crippen molar-refractivity contribution in [3.05, 3.63) is 65.7 Å². The van der Waals surface area contributed by atoms with E-state index in [0.29, 0.717) is 12.1 Å². The van der Waals surface area contributed by atoms with E-state index in [2.05, 4.69) is 0 Å². The minimum absolute atomic E-state index is 0.326. The van der Waals surface area contributed by atoms with E-state index in [9.17, 15) is 42.6 Å². The molecule has 0 aliphatic heterocycles. The Hall–Kier alpha value is -3.19. The van der Waals surface area contributed by atoms with Crippen LogP contribution in [-0.2, 0) is 0 Å². The third kappa shape index (κ3) is 3.89. The van der Waals surface area contributed by atoms with Gasteiger partial charge in [-0.05, 0) is 0 Å². The Morgan fingerprint density at radius 3 is 1.43 bits per heavy atom. The molecule has 28 heavy (non-hydrogen) atoms. The molecule has 0 fully saturated rings. The molecule has 0 atom stereocenters. The molecule has 0 unspecified atom stereocenters. The van der Waals surface area contributed by atoms with Gasteiger partial charge >= 0.3 is 17.4 Å². The van der Waals surface area contributed by atoms with Crippen LogP contribution in [0.2, 0.25) is 10.0 Å². The summed E-state index contributed by atoms with van der Waals surface area (Å²) in [6, 6.07) is -1.02. The number of amides is 2. The number of nitro benzene ring substituents is 2. The Balaban J connectivity index is 2.42. The van der Waals surface area contributed by atoms with Crippen molar-refractivity contribution in [2.45, 2.75) is 0 Å². The van der Waals surface area contributed by atoms with Crippen LogP contribution in [-0.4, -0.2) is 15.9 Å². The number of nitrogens with zero attached hydrogens (tertiary/aromatic N) is 2. The quantitative estimate of drug-likeness (QED) is 0.390. The second kappa shape index (κ2) is 7.82. The number of hydrogen-bond donors (Lipinski definition) is 2. The number of benzene rings is 2. The Bertz CT molecular complexity index is 957. The molecule has 0 aliphatic carbocycles. The third-order valence-electron chi connectivity index (χ3n) is 3.13. The SMILES string of the molecule is O=C(Nc1c(F)cc(Cl)c([N+](=O)[O-])c1F)Nc1c(F)cc(Cl)c([N+](=O)[O-])c1F. The van der Waals surface area contributed by atoms with Gasteiger partial charge in [-0.3, -0.25) is 20.2 Å². The van der Waals surface area contributed by atoms with Gasteiger partial charge in [0.25, 0.3) is 0 Å². The molecule has 15 heteroatoms. The molecule has 0 spiro atoms. The zero-order valence-electron chi connectivity index (χ0n) is 12.9. The maximum absolute atomic E-state index is 14.1. The smallest absolute Gasteiger partial charge is 0.302 e. The minimum Gasteiger partial charge on any atom is -0.302 e. The molecule has 0 saturated heterocycles. The topological polar surface area (TPSA) is 127 Å². The lowest BCUT2D eigenvalue weighted by Crippen LogP contribution is -2.23. The summed E-state index contributed by atoms with van der Waals surface area (Å²) in [7, 11) is 0. The number of rotatable bonds is 4. The van der Waals surface area contributed by atoms with Gasteiger partial charge in [-0.15, -0.1) is 0 Å². The Morgan fingerprint density at radius 1 is 0.821 bits per heavy atom. The van der Waals surface area contributed by atoms with Gasteiger partial charge in [-0.1, -0.05) is 23.2 Å². The molecule has 0 bridgehead atoms. The van der Waals surface area contributed by atoms with E-state index in [1.807, 2.05) is 0 Å². The van der Waals surface area contributed by atoms with Crippen molar-refractivity contribution in [1.29, 1.82) is 0 Å². The van der Waals surface area contributed by atoms with Crippen LogP contribution in [0.3, 0.4) is 0 Å². The summed E-state index contributed by atoms with van der Waals surface area (Å²) in [6.07, 6.45) is 0. The molecule has 2 aromatic carbocycles. The van der Waals surface area contributed by atoms with Gasteiger partial charge < -0.3 is 10.6 Å². The van der Waals surface area contributed by atoms with Crippen LogP contribution in [0.5, 0.6) is 0 Å². The molecule has 148 valence electrons. The van der Waals surface area contributed by atoms with Crippen molar-refractivity contribution < 1.29 is 32.2 Å². The summed E-state index contributed by atoms with van der Waals surface area (Å²) in [4.78, 5) is 30.8. The first-order valence-corrected chi connectivity index (χ1v) is 7.43. The summed E-state index contributed by atoms with van der Waals surface area (Å²) in [5, 5.41) is 22.6. The highest BCUT2D eigenvalue weighted by atomic mass is 35.5. The molecular weight excluding hydrogens is 439 g/mol. The normalized spacial score (nSPS) is 10.5. The van der Waals surface area contributed by atoms with Crippen LogP contribution in [0.4, 0.5) is 45.1 Å². The fourth-order valence-corrected chi connectivity index (χ4v) is 2.48. The van der Waals surface area contributed by atoms with E-state index >= 15 is 0 Å². The second-order valence-electron chi connectivity index (χ2n) is 4.85. The van der Waals surface area contributed by atoms with Crippen LogP contribution in [0.15, 0.2) is 12.1 Å². The van der Waals surface area contributed by atoms with Crippen LogP contribution in [0, 0.1) is 43.5 Å². The molecule has 9 nitrogen and oxygen atoms in total. The Morgan fingerprint density at radius 2 is 1.14 bits per heavy atom. The van der Waals surface area contributed by atoms with Gasteiger partial charge in [-0.25, -0.2) is 13.6 Å². The molecule has 0 aromatic heterocycles.